The summed E-state index contributed by atoms with van der Waals surface area (Å²) in [6.45, 7) is 0.893. The predicted molar refractivity (Wildman–Crippen MR) is 72.6 cm³/mol. The van der Waals surface area contributed by atoms with Gasteiger partial charge in [0.15, 0.2) is 5.75 Å². The average Bonchev–Trinajstić information content (AvgIpc) is 2.48. The second kappa shape index (κ2) is 8.73. The number of ether oxygens (including phenoxy) is 4. The fourth-order valence-corrected chi connectivity index (χ4v) is 1.50. The van der Waals surface area contributed by atoms with Crippen molar-refractivity contribution in [3.8, 4) is 17.6 Å². The number of rotatable bonds is 9. The number of hydrogen-bond acceptors (Lipinski definition) is 7. The summed E-state index contributed by atoms with van der Waals surface area (Å²) in [6, 6.07) is 4.39. The van der Waals surface area contributed by atoms with Gasteiger partial charge >= 0.3 is 5.69 Å². The monoisotopic (exact) mass is 296 g/mol. The lowest BCUT2D eigenvalue weighted by molar-refractivity contribution is -0.386. The van der Waals surface area contributed by atoms with Gasteiger partial charge < -0.3 is 18.9 Å². The molecule has 0 aliphatic carbocycles. The highest BCUT2D eigenvalue weighted by molar-refractivity contribution is 5.60. The average molecular weight is 296 g/mol. The van der Waals surface area contributed by atoms with E-state index in [0.717, 1.165) is 6.07 Å². The maximum absolute atomic E-state index is 11.1. The third-order valence-corrected chi connectivity index (χ3v) is 2.44. The topological polar surface area (TPSA) is 104 Å². The SMILES string of the molecule is COCCOc1cc(C#N)cc([N+](=O)[O-])c1OCCOC. The van der Waals surface area contributed by atoms with E-state index >= 15 is 0 Å². The number of nitro groups is 1. The number of benzene rings is 1. The summed E-state index contributed by atoms with van der Waals surface area (Å²) in [5.74, 6) is 0.112. The Morgan fingerprint density at radius 3 is 2.29 bits per heavy atom. The van der Waals surface area contributed by atoms with Crippen molar-refractivity contribution in [1.29, 1.82) is 5.26 Å². The molecule has 0 saturated carbocycles. The molecular formula is C13H16N2O6. The highest BCUT2D eigenvalue weighted by Crippen LogP contribution is 2.38. The van der Waals surface area contributed by atoms with Gasteiger partial charge in [0.25, 0.3) is 0 Å². The van der Waals surface area contributed by atoms with Crippen LogP contribution in [0.4, 0.5) is 5.69 Å². The van der Waals surface area contributed by atoms with Crippen molar-refractivity contribution in [1.82, 2.24) is 0 Å². The molecule has 0 atom stereocenters. The van der Waals surface area contributed by atoms with Crippen LogP contribution < -0.4 is 9.47 Å². The fraction of sp³-hybridized carbons (Fsp3) is 0.462. The van der Waals surface area contributed by atoms with E-state index in [9.17, 15) is 10.1 Å². The number of nitrogens with zero attached hydrogens (tertiary/aromatic N) is 2. The van der Waals surface area contributed by atoms with Crippen LogP contribution in [0.1, 0.15) is 5.56 Å². The maximum Gasteiger partial charge on any atom is 0.316 e. The molecule has 114 valence electrons. The van der Waals surface area contributed by atoms with E-state index in [-0.39, 0.29) is 42.6 Å². The lowest BCUT2D eigenvalue weighted by atomic mass is 10.2. The molecule has 8 heteroatoms. The van der Waals surface area contributed by atoms with E-state index < -0.39 is 4.92 Å². The smallest absolute Gasteiger partial charge is 0.316 e. The zero-order chi connectivity index (χ0) is 15.7. The molecule has 0 aliphatic rings. The molecule has 1 rings (SSSR count). The van der Waals surface area contributed by atoms with Gasteiger partial charge in [0.1, 0.15) is 13.2 Å². The van der Waals surface area contributed by atoms with Gasteiger partial charge in [-0.3, -0.25) is 10.1 Å². The molecule has 0 bridgehead atoms. The van der Waals surface area contributed by atoms with Crippen LogP contribution in [-0.2, 0) is 9.47 Å². The second-order valence-electron chi connectivity index (χ2n) is 3.87. The minimum absolute atomic E-state index is 0.0212. The van der Waals surface area contributed by atoms with E-state index in [4.69, 9.17) is 24.2 Å². The van der Waals surface area contributed by atoms with Crippen LogP contribution in [0.15, 0.2) is 12.1 Å². The molecule has 0 N–H and O–H groups in total. The first-order chi connectivity index (χ1) is 10.1. The lowest BCUT2D eigenvalue weighted by Gasteiger charge is -2.13. The summed E-state index contributed by atoms with van der Waals surface area (Å²) in [5, 5.41) is 20.0. The van der Waals surface area contributed by atoms with Gasteiger partial charge in [-0.25, -0.2) is 0 Å². The number of methoxy groups -OCH3 is 2. The van der Waals surface area contributed by atoms with Crippen molar-refractivity contribution in [2.24, 2.45) is 0 Å². The molecule has 8 nitrogen and oxygen atoms in total. The second-order valence-corrected chi connectivity index (χ2v) is 3.87. The Labute approximate surface area is 121 Å². The zero-order valence-electron chi connectivity index (χ0n) is 11.8. The highest BCUT2D eigenvalue weighted by Gasteiger charge is 2.22. The van der Waals surface area contributed by atoms with Gasteiger partial charge in [0.05, 0.1) is 29.8 Å². The molecule has 0 spiro atoms. The molecule has 1 aromatic carbocycles. The molecule has 0 aromatic heterocycles. The molecule has 0 amide bonds. The molecule has 0 unspecified atom stereocenters. The Morgan fingerprint density at radius 2 is 1.76 bits per heavy atom. The minimum atomic E-state index is -0.619. The number of nitriles is 1. The summed E-state index contributed by atoms with van der Waals surface area (Å²) < 4.78 is 20.4. The van der Waals surface area contributed by atoms with Crippen LogP contribution >= 0.6 is 0 Å². The molecular weight excluding hydrogens is 280 g/mol. The third-order valence-electron chi connectivity index (χ3n) is 2.44. The Balaban J connectivity index is 3.11. The first-order valence-electron chi connectivity index (χ1n) is 6.10. The van der Waals surface area contributed by atoms with Crippen molar-refractivity contribution in [2.75, 3.05) is 40.6 Å². The molecule has 0 heterocycles. The molecule has 0 aliphatic heterocycles. The van der Waals surface area contributed by atoms with E-state index in [1.165, 1.54) is 20.3 Å². The fourth-order valence-electron chi connectivity index (χ4n) is 1.50. The first kappa shape index (κ1) is 16.7. The molecule has 0 saturated heterocycles. The van der Waals surface area contributed by atoms with E-state index in [2.05, 4.69) is 0 Å². The number of nitro benzene ring substituents is 1. The highest BCUT2D eigenvalue weighted by atomic mass is 16.6. The molecule has 0 radical (unpaired) electrons. The summed E-state index contributed by atoms with van der Waals surface area (Å²) >= 11 is 0. The standard InChI is InChI=1S/C13H16N2O6/c1-18-3-5-20-12-8-10(9-14)7-11(15(16)17)13(12)21-6-4-19-2/h7-8H,3-6H2,1-2H3. The van der Waals surface area contributed by atoms with Gasteiger partial charge in [0, 0.05) is 26.4 Å². The van der Waals surface area contributed by atoms with Crippen molar-refractivity contribution < 1.29 is 23.9 Å². The van der Waals surface area contributed by atoms with E-state index in [1.807, 2.05) is 6.07 Å². The Morgan fingerprint density at radius 1 is 1.14 bits per heavy atom. The van der Waals surface area contributed by atoms with Crippen molar-refractivity contribution in [2.45, 2.75) is 0 Å². The first-order valence-corrected chi connectivity index (χ1v) is 6.10. The molecule has 21 heavy (non-hydrogen) atoms. The van der Waals surface area contributed by atoms with Crippen LogP contribution in [0.3, 0.4) is 0 Å². The van der Waals surface area contributed by atoms with Crippen molar-refractivity contribution in [3.05, 3.63) is 27.8 Å². The summed E-state index contributed by atoms with van der Waals surface area (Å²) in [4.78, 5) is 10.5. The summed E-state index contributed by atoms with van der Waals surface area (Å²) in [7, 11) is 3.00. The van der Waals surface area contributed by atoms with Gasteiger partial charge in [-0.15, -0.1) is 0 Å². The zero-order valence-corrected chi connectivity index (χ0v) is 11.8. The maximum atomic E-state index is 11.1. The normalized spacial score (nSPS) is 9.95. The quantitative estimate of drug-likeness (QED) is 0.386. The Kier molecular flexibility index (Phi) is 6.94. The minimum Gasteiger partial charge on any atom is -0.487 e. The van der Waals surface area contributed by atoms with E-state index in [1.54, 1.807) is 0 Å². The Hall–Kier alpha value is -2.37. The predicted octanol–water partition coefficient (Wildman–Crippen LogP) is 1.52. The van der Waals surface area contributed by atoms with Crippen LogP contribution in [0.2, 0.25) is 0 Å². The van der Waals surface area contributed by atoms with Crippen LogP contribution in [-0.4, -0.2) is 45.6 Å². The summed E-state index contributed by atoms with van der Waals surface area (Å²) in [5.41, 5.74) is -0.203. The Bertz CT molecular complexity index is 526. The van der Waals surface area contributed by atoms with E-state index in [0.29, 0.717) is 6.61 Å². The van der Waals surface area contributed by atoms with Gasteiger partial charge in [-0.2, -0.15) is 5.26 Å². The van der Waals surface area contributed by atoms with Crippen LogP contribution in [0.5, 0.6) is 11.5 Å². The molecule has 0 fully saturated rings. The van der Waals surface area contributed by atoms with Gasteiger partial charge in [-0.05, 0) is 0 Å². The molecule has 1 aromatic rings. The lowest BCUT2D eigenvalue weighted by Crippen LogP contribution is -2.10. The van der Waals surface area contributed by atoms with Crippen molar-refractivity contribution >= 4 is 5.69 Å². The largest absolute Gasteiger partial charge is 0.487 e. The van der Waals surface area contributed by atoms with Gasteiger partial charge in [-0.1, -0.05) is 0 Å². The third kappa shape index (κ3) is 4.91. The summed E-state index contributed by atoms with van der Waals surface area (Å²) in [6.07, 6.45) is 0. The van der Waals surface area contributed by atoms with Crippen molar-refractivity contribution in [3.63, 3.8) is 0 Å². The van der Waals surface area contributed by atoms with Crippen LogP contribution in [0, 0.1) is 21.4 Å². The number of hydrogen-bond donors (Lipinski definition) is 0. The van der Waals surface area contributed by atoms with Gasteiger partial charge in [0.2, 0.25) is 5.75 Å². The van der Waals surface area contributed by atoms with Crippen LogP contribution in [0.25, 0.3) is 0 Å².